The van der Waals surface area contributed by atoms with E-state index in [-0.39, 0.29) is 0 Å². The quantitative estimate of drug-likeness (QED) is 0.155. The summed E-state index contributed by atoms with van der Waals surface area (Å²) >= 11 is 1.88. The molecule has 0 N–H and O–H groups in total. The number of anilines is 6. The van der Waals surface area contributed by atoms with Crippen molar-refractivity contribution in [1.29, 1.82) is 0 Å². The van der Waals surface area contributed by atoms with Gasteiger partial charge in [0.2, 0.25) is 0 Å². The molecule has 12 rings (SSSR count). The summed E-state index contributed by atoms with van der Waals surface area (Å²) in [4.78, 5) is 4.92. The van der Waals surface area contributed by atoms with Gasteiger partial charge in [-0.05, 0) is 98.4 Å². The zero-order valence-electron chi connectivity index (χ0n) is 32.1. The van der Waals surface area contributed by atoms with E-state index in [9.17, 15) is 0 Å². The van der Waals surface area contributed by atoms with Crippen LogP contribution in [0.2, 0.25) is 0 Å². The molecule has 11 aromatic carbocycles. The Kier molecular flexibility index (Phi) is 7.75. The Morgan fingerprint density at radius 3 is 1.25 bits per heavy atom. The molecule has 0 saturated heterocycles. The van der Waals surface area contributed by atoms with E-state index in [1.54, 1.807) is 0 Å². The molecule has 0 atom stereocenters. The van der Waals surface area contributed by atoms with Gasteiger partial charge < -0.3 is 9.80 Å². The lowest BCUT2D eigenvalue weighted by molar-refractivity contribution is 1.31. The van der Waals surface area contributed by atoms with E-state index in [2.05, 4.69) is 228 Å². The van der Waals surface area contributed by atoms with Crippen molar-refractivity contribution in [3.8, 4) is 0 Å². The lowest BCUT2D eigenvalue weighted by Gasteiger charge is -2.29. The third-order valence-electron chi connectivity index (χ3n) is 11.9. The van der Waals surface area contributed by atoms with E-state index in [4.69, 9.17) is 0 Å². The summed E-state index contributed by atoms with van der Waals surface area (Å²) in [7, 11) is 0. The SMILES string of the molecule is c1ccc(N(c2ccc3sc4cc(N(c5ccccc5)c5cc6ccccc6c6ccccc56)c5ccccc5c4c3c2)c2cc3ccccc3c3ccccc23)cc1. The lowest BCUT2D eigenvalue weighted by Crippen LogP contribution is -2.11. The number of nitrogens with zero attached hydrogens (tertiary/aromatic N) is 2. The number of hydrogen-bond donors (Lipinski definition) is 0. The van der Waals surface area contributed by atoms with Crippen molar-refractivity contribution in [3.63, 3.8) is 0 Å². The molecule has 0 aliphatic carbocycles. The fourth-order valence-electron chi connectivity index (χ4n) is 9.36. The van der Waals surface area contributed by atoms with Gasteiger partial charge in [-0.3, -0.25) is 0 Å². The Bertz CT molecular complexity index is 3570. The van der Waals surface area contributed by atoms with Crippen molar-refractivity contribution >= 4 is 119 Å². The molecule has 0 aliphatic heterocycles. The number of hydrogen-bond acceptors (Lipinski definition) is 3. The summed E-state index contributed by atoms with van der Waals surface area (Å²) in [6.45, 7) is 0. The number of rotatable bonds is 6. The van der Waals surface area contributed by atoms with E-state index >= 15 is 0 Å². The highest BCUT2D eigenvalue weighted by atomic mass is 32.1. The van der Waals surface area contributed by atoms with Crippen LogP contribution < -0.4 is 9.80 Å². The maximum atomic E-state index is 2.48. The monoisotopic (exact) mass is 768 g/mol. The van der Waals surface area contributed by atoms with E-state index in [1.165, 1.54) is 85.4 Å². The third kappa shape index (κ3) is 5.40. The zero-order valence-corrected chi connectivity index (χ0v) is 32.9. The topological polar surface area (TPSA) is 6.48 Å². The highest BCUT2D eigenvalue weighted by Crippen LogP contribution is 2.50. The van der Waals surface area contributed by atoms with Crippen LogP contribution in [0, 0.1) is 0 Å². The molecule has 0 bridgehead atoms. The molecule has 0 spiro atoms. The lowest BCUT2D eigenvalue weighted by atomic mass is 9.97. The van der Waals surface area contributed by atoms with Crippen LogP contribution in [-0.2, 0) is 0 Å². The van der Waals surface area contributed by atoms with Gasteiger partial charge in [-0.25, -0.2) is 0 Å². The predicted molar refractivity (Wildman–Crippen MR) is 256 cm³/mol. The predicted octanol–water partition coefficient (Wildman–Crippen LogP) is 16.8. The molecule has 0 amide bonds. The molecule has 0 aliphatic rings. The first kappa shape index (κ1) is 33.7. The molecule has 276 valence electrons. The standard InChI is InChI=1S/C56H36N2S/c1-3-19-39(20-4-1)57(51-33-37-17-7-9-23-42(37)44-25-11-13-27-46(44)51)41-31-32-54-50(35-41)56-49-30-16-15-29-48(49)53(36-55(56)59-54)58(40-21-5-2-6-22-40)52-34-38-18-8-10-24-43(38)45-26-12-14-28-47(45)52/h1-36H. The first-order valence-electron chi connectivity index (χ1n) is 20.2. The van der Waals surface area contributed by atoms with E-state index in [1.807, 2.05) is 11.3 Å². The Hall–Kier alpha value is -7.46. The zero-order chi connectivity index (χ0) is 38.9. The summed E-state index contributed by atoms with van der Waals surface area (Å²) in [6.07, 6.45) is 0. The van der Waals surface area contributed by atoms with Crippen molar-refractivity contribution in [1.82, 2.24) is 0 Å². The summed E-state index contributed by atoms with van der Waals surface area (Å²) < 4.78 is 2.53. The molecule has 59 heavy (non-hydrogen) atoms. The van der Waals surface area contributed by atoms with Gasteiger partial charge in [-0.2, -0.15) is 0 Å². The molecule has 0 unspecified atom stereocenters. The van der Waals surface area contributed by atoms with Crippen LogP contribution in [0.5, 0.6) is 0 Å². The summed E-state index contributed by atoms with van der Waals surface area (Å²) in [5, 5.41) is 15.0. The Balaban J connectivity index is 1.12. The molecule has 0 radical (unpaired) electrons. The number of benzene rings is 11. The molecular weight excluding hydrogens is 733 g/mol. The fraction of sp³-hybridized carbons (Fsp3) is 0. The molecule has 2 nitrogen and oxygen atoms in total. The van der Waals surface area contributed by atoms with Crippen LogP contribution in [0.4, 0.5) is 34.1 Å². The number of para-hydroxylation sites is 2. The minimum Gasteiger partial charge on any atom is -0.310 e. The van der Waals surface area contributed by atoms with Gasteiger partial charge >= 0.3 is 0 Å². The van der Waals surface area contributed by atoms with Gasteiger partial charge in [-0.1, -0.05) is 158 Å². The van der Waals surface area contributed by atoms with Crippen LogP contribution in [0.3, 0.4) is 0 Å². The van der Waals surface area contributed by atoms with E-state index in [0.717, 1.165) is 22.7 Å². The summed E-state index contributed by atoms with van der Waals surface area (Å²) in [5.74, 6) is 0. The molecule has 1 aromatic heterocycles. The molecule has 0 fully saturated rings. The van der Waals surface area contributed by atoms with E-state index in [0.29, 0.717) is 0 Å². The second kappa shape index (κ2) is 13.6. The fourth-order valence-corrected chi connectivity index (χ4v) is 10.5. The van der Waals surface area contributed by atoms with Gasteiger partial charge in [0.25, 0.3) is 0 Å². The van der Waals surface area contributed by atoms with Gasteiger partial charge in [0.05, 0.1) is 17.1 Å². The smallest absolute Gasteiger partial charge is 0.0554 e. The van der Waals surface area contributed by atoms with Crippen molar-refractivity contribution in [3.05, 3.63) is 218 Å². The first-order chi connectivity index (χ1) is 29.3. The largest absolute Gasteiger partial charge is 0.310 e. The first-order valence-corrected chi connectivity index (χ1v) is 21.0. The average molecular weight is 769 g/mol. The van der Waals surface area contributed by atoms with E-state index < -0.39 is 0 Å². The van der Waals surface area contributed by atoms with Crippen LogP contribution in [0.15, 0.2) is 218 Å². The molecule has 1 heterocycles. The minimum atomic E-state index is 1.13. The molecular formula is C56H36N2S. The van der Waals surface area contributed by atoms with Crippen molar-refractivity contribution in [2.75, 3.05) is 9.80 Å². The van der Waals surface area contributed by atoms with Crippen LogP contribution in [0.1, 0.15) is 0 Å². The van der Waals surface area contributed by atoms with Crippen LogP contribution in [-0.4, -0.2) is 0 Å². The Labute approximate surface area is 346 Å². The van der Waals surface area contributed by atoms with Gasteiger partial charge in [0, 0.05) is 53.4 Å². The third-order valence-corrected chi connectivity index (χ3v) is 13.1. The molecule has 0 saturated carbocycles. The van der Waals surface area contributed by atoms with Gasteiger partial charge in [-0.15, -0.1) is 11.3 Å². The average Bonchev–Trinajstić information content (AvgIpc) is 3.68. The number of fused-ring (bicyclic) bond motifs is 11. The van der Waals surface area contributed by atoms with Crippen LogP contribution in [0.25, 0.3) is 74.0 Å². The van der Waals surface area contributed by atoms with Gasteiger partial charge in [0.1, 0.15) is 0 Å². The second-order valence-electron chi connectivity index (χ2n) is 15.3. The Morgan fingerprint density at radius 1 is 0.254 bits per heavy atom. The van der Waals surface area contributed by atoms with Crippen LogP contribution >= 0.6 is 11.3 Å². The Morgan fingerprint density at radius 2 is 0.678 bits per heavy atom. The highest BCUT2D eigenvalue weighted by Gasteiger charge is 2.23. The summed E-state index contributed by atoms with van der Waals surface area (Å²) in [6, 6.07) is 80.0. The second-order valence-corrected chi connectivity index (χ2v) is 16.3. The minimum absolute atomic E-state index is 1.13. The maximum Gasteiger partial charge on any atom is 0.0554 e. The maximum absolute atomic E-state index is 2.48. The molecule has 12 aromatic rings. The normalized spacial score (nSPS) is 11.7. The van der Waals surface area contributed by atoms with Crippen molar-refractivity contribution < 1.29 is 0 Å². The van der Waals surface area contributed by atoms with Crippen molar-refractivity contribution in [2.45, 2.75) is 0 Å². The van der Waals surface area contributed by atoms with Gasteiger partial charge in [0.15, 0.2) is 0 Å². The highest BCUT2D eigenvalue weighted by molar-refractivity contribution is 7.26. The number of thiophene rings is 1. The molecule has 3 heteroatoms. The summed E-state index contributed by atoms with van der Waals surface area (Å²) in [5.41, 5.74) is 6.88. The van der Waals surface area contributed by atoms with Crippen molar-refractivity contribution in [2.24, 2.45) is 0 Å².